The average molecular weight is 412 g/mol. The van der Waals surface area contributed by atoms with E-state index in [1.807, 2.05) is 42.5 Å². The van der Waals surface area contributed by atoms with Crippen LogP contribution in [0.2, 0.25) is 0 Å². The topological polar surface area (TPSA) is 127 Å². The number of benzene rings is 2. The number of aromatic nitrogens is 4. The van der Waals surface area contributed by atoms with Crippen molar-refractivity contribution in [2.45, 2.75) is 13.0 Å². The van der Waals surface area contributed by atoms with Crippen molar-refractivity contribution in [1.82, 2.24) is 19.1 Å². The minimum absolute atomic E-state index is 0.0170. The molecule has 0 atom stereocenters. The molecule has 0 unspecified atom stereocenters. The van der Waals surface area contributed by atoms with E-state index in [1.165, 1.54) is 0 Å². The third kappa shape index (κ3) is 3.75. The summed E-state index contributed by atoms with van der Waals surface area (Å²) in [5, 5.41) is 0. The van der Waals surface area contributed by atoms with Crippen molar-refractivity contribution in [2.24, 2.45) is 0 Å². The zero-order chi connectivity index (χ0) is 20.6. The van der Waals surface area contributed by atoms with Gasteiger partial charge in [-0.15, -0.1) is 0 Å². The predicted molar refractivity (Wildman–Crippen MR) is 108 cm³/mol. The van der Waals surface area contributed by atoms with E-state index < -0.39 is 25.0 Å². The summed E-state index contributed by atoms with van der Waals surface area (Å²) < 4.78 is 13.6. The Morgan fingerprint density at radius 2 is 1.62 bits per heavy atom. The van der Waals surface area contributed by atoms with E-state index in [-0.39, 0.29) is 24.5 Å². The van der Waals surface area contributed by atoms with Gasteiger partial charge in [-0.05, 0) is 30.7 Å². The summed E-state index contributed by atoms with van der Waals surface area (Å²) in [6.45, 7) is -0.147. The highest BCUT2D eigenvalue weighted by atomic mass is 31.2. The summed E-state index contributed by atoms with van der Waals surface area (Å²) in [5.41, 5.74) is 0.570. The molecule has 10 heteroatoms. The van der Waals surface area contributed by atoms with E-state index >= 15 is 0 Å². The molecule has 0 aromatic heterocycles. The van der Waals surface area contributed by atoms with Crippen LogP contribution in [0.4, 0.5) is 0 Å². The van der Waals surface area contributed by atoms with Crippen molar-refractivity contribution in [1.29, 1.82) is 0 Å². The fourth-order valence-corrected chi connectivity index (χ4v) is 3.77. The van der Waals surface area contributed by atoms with Gasteiger partial charge in [0.1, 0.15) is 0 Å². The molecule has 0 bridgehead atoms. The largest absolute Gasteiger partial charge is 0.352 e. The van der Waals surface area contributed by atoms with E-state index in [9.17, 15) is 14.2 Å². The number of hydrogen-bond acceptors (Lipinski definition) is 5. The van der Waals surface area contributed by atoms with Crippen LogP contribution in [-0.4, -0.2) is 35.1 Å². The third-order valence-corrected chi connectivity index (χ3v) is 5.40. The molecule has 0 saturated heterocycles. The van der Waals surface area contributed by atoms with Gasteiger partial charge in [0.2, 0.25) is 0 Å². The van der Waals surface area contributed by atoms with Crippen molar-refractivity contribution in [2.75, 3.05) is 6.16 Å². The highest BCUT2D eigenvalue weighted by molar-refractivity contribution is 7.51. The minimum Gasteiger partial charge on any atom is -0.324 e. The maximum absolute atomic E-state index is 13.0. The Labute approximate surface area is 164 Å². The Morgan fingerprint density at radius 1 is 0.931 bits per heavy atom. The molecule has 2 aromatic rings. The summed E-state index contributed by atoms with van der Waals surface area (Å²) >= 11 is 0. The van der Waals surface area contributed by atoms with Gasteiger partial charge in [-0.2, -0.15) is 4.98 Å². The second-order valence-corrected chi connectivity index (χ2v) is 8.31. The summed E-state index contributed by atoms with van der Waals surface area (Å²) in [5.74, 6) is 0.135. The average Bonchev–Trinajstić information content (AvgIpc) is 2.69. The third-order valence-electron chi connectivity index (χ3n) is 4.50. The first kappa shape index (κ1) is 19.2. The van der Waals surface area contributed by atoms with Gasteiger partial charge in [-0.1, -0.05) is 30.3 Å². The lowest BCUT2D eigenvalue weighted by Crippen LogP contribution is -2.38. The summed E-state index contributed by atoms with van der Waals surface area (Å²) in [4.78, 5) is 52.0. The Morgan fingerprint density at radius 3 is 2.34 bits per heavy atom. The summed E-state index contributed by atoms with van der Waals surface area (Å²) in [6, 6.07) is 16.4. The van der Waals surface area contributed by atoms with E-state index in [4.69, 9.17) is 9.79 Å². The molecule has 0 saturated carbocycles. The van der Waals surface area contributed by atoms with E-state index in [2.05, 4.69) is 9.97 Å². The maximum Gasteiger partial charge on any atom is 0.352 e. The number of fused-ring (bicyclic) bond motifs is 2. The minimum atomic E-state index is -4.22. The van der Waals surface area contributed by atoms with Gasteiger partial charge in [0.05, 0.1) is 17.2 Å². The molecule has 29 heavy (non-hydrogen) atoms. The first-order valence-electron chi connectivity index (χ1n) is 8.87. The van der Waals surface area contributed by atoms with E-state index in [1.54, 1.807) is 16.7 Å². The molecule has 0 aliphatic carbocycles. The molecule has 9 nitrogen and oxygen atoms in total. The van der Waals surface area contributed by atoms with Gasteiger partial charge >= 0.3 is 13.3 Å². The van der Waals surface area contributed by atoms with Crippen LogP contribution in [0.1, 0.15) is 6.42 Å². The van der Waals surface area contributed by atoms with Gasteiger partial charge in [0.25, 0.3) is 5.56 Å². The van der Waals surface area contributed by atoms with Crippen LogP contribution in [0.15, 0.2) is 64.2 Å². The van der Waals surface area contributed by atoms with Crippen LogP contribution in [0, 0.1) is 0 Å². The van der Waals surface area contributed by atoms with Crippen molar-refractivity contribution < 1.29 is 14.4 Å². The number of rotatable bonds is 5. The van der Waals surface area contributed by atoms with Gasteiger partial charge in [-0.3, -0.25) is 18.5 Å². The van der Waals surface area contributed by atoms with Crippen molar-refractivity contribution in [3.63, 3.8) is 0 Å². The molecule has 0 spiro atoms. The van der Waals surface area contributed by atoms with E-state index in [0.29, 0.717) is 11.0 Å². The van der Waals surface area contributed by atoms with Crippen LogP contribution in [0.3, 0.4) is 0 Å². The first-order chi connectivity index (χ1) is 13.8. The Kier molecular flexibility index (Phi) is 4.87. The Balaban J connectivity index is 1.96. The second-order valence-electron chi connectivity index (χ2n) is 6.54. The standard InChI is InChI=1S/C19H17N4O5P/c24-18-16-17(21-19(25)22(18)11-6-12-29(26,27)28)23(13-7-2-1-3-8-13)15-10-5-4-9-14(15)20-16/h1-5,7-10H,6,11-12H2,(H2,26,27,28). The van der Waals surface area contributed by atoms with Gasteiger partial charge in [-0.25, -0.2) is 9.78 Å². The maximum atomic E-state index is 13.0. The monoisotopic (exact) mass is 412 g/mol. The second kappa shape index (κ2) is 7.36. The van der Waals surface area contributed by atoms with Gasteiger partial charge in [0.15, 0.2) is 11.5 Å². The molecule has 2 aromatic carbocycles. The van der Waals surface area contributed by atoms with E-state index in [0.717, 1.165) is 10.3 Å². The number of hydrogen-bond donors (Lipinski definition) is 2. The molecule has 148 valence electrons. The smallest absolute Gasteiger partial charge is 0.324 e. The highest BCUT2D eigenvalue weighted by Crippen LogP contribution is 2.34. The lowest BCUT2D eigenvalue weighted by molar-refractivity contribution is 0.369. The molecule has 2 heterocycles. The lowest BCUT2D eigenvalue weighted by atomic mass is 10.2. The zero-order valence-corrected chi connectivity index (χ0v) is 16.1. The fraction of sp³-hybridized carbons (Fsp3) is 0.158. The van der Waals surface area contributed by atoms with Crippen LogP contribution in [-0.2, 0) is 11.1 Å². The van der Waals surface area contributed by atoms with Crippen LogP contribution >= 0.6 is 7.60 Å². The predicted octanol–water partition coefficient (Wildman–Crippen LogP) is 1.62. The molecular weight excluding hydrogens is 395 g/mol. The van der Waals surface area contributed by atoms with Gasteiger partial charge < -0.3 is 9.79 Å². The molecule has 2 N–H and O–H groups in total. The normalized spacial score (nSPS) is 11.9. The van der Waals surface area contributed by atoms with Crippen molar-refractivity contribution in [3.05, 3.63) is 75.4 Å². The molecule has 2 aliphatic heterocycles. The van der Waals surface area contributed by atoms with Crippen LogP contribution in [0.25, 0.3) is 28.2 Å². The first-order valence-corrected chi connectivity index (χ1v) is 10.7. The van der Waals surface area contributed by atoms with Crippen LogP contribution in [0.5, 0.6) is 0 Å². The lowest BCUT2D eigenvalue weighted by Gasteiger charge is -2.18. The molecule has 4 rings (SSSR count). The molecule has 0 amide bonds. The highest BCUT2D eigenvalue weighted by Gasteiger charge is 2.22. The Hall–Kier alpha value is -3.13. The van der Waals surface area contributed by atoms with Gasteiger partial charge in [0, 0.05) is 12.2 Å². The Bertz CT molecular complexity index is 1330. The van der Waals surface area contributed by atoms with Crippen LogP contribution < -0.4 is 11.2 Å². The molecule has 2 aliphatic rings. The quantitative estimate of drug-likeness (QED) is 0.377. The van der Waals surface area contributed by atoms with Crippen molar-refractivity contribution in [3.8, 4) is 17.2 Å². The fourth-order valence-electron chi connectivity index (χ4n) is 3.22. The number of para-hydroxylation sites is 3. The zero-order valence-electron chi connectivity index (χ0n) is 15.2. The SMILES string of the molecule is O=c1nc2n(-c3ccccc3)c3ccccc3nc-2c(=O)n1CCCP(=O)(O)O. The molecular formula is C19H17N4O5P. The summed E-state index contributed by atoms with van der Waals surface area (Å²) in [7, 11) is -4.22. The molecule has 0 radical (unpaired) electrons. The number of nitrogens with zero attached hydrogens (tertiary/aromatic N) is 4. The summed E-state index contributed by atoms with van der Waals surface area (Å²) in [6.07, 6.45) is -0.453. The molecule has 0 fully saturated rings. The van der Waals surface area contributed by atoms with Crippen molar-refractivity contribution >= 4 is 18.6 Å².